The Morgan fingerprint density at radius 1 is 1.56 bits per heavy atom. The van der Waals surface area contributed by atoms with E-state index >= 15 is 0 Å². The normalized spacial score (nSPS) is 13.7. The lowest BCUT2D eigenvalue weighted by molar-refractivity contribution is 0.0512. The lowest BCUT2D eigenvalue weighted by Crippen LogP contribution is -2.07. The smallest absolute Gasteiger partial charge is 0.109 e. The molecule has 0 aromatic heterocycles. The monoisotopic (exact) mass is 131 g/mol. The van der Waals surface area contributed by atoms with Gasteiger partial charge in [0.25, 0.3) is 0 Å². The second kappa shape index (κ2) is 6.05. The maximum absolute atomic E-state index is 5.25. The molecule has 0 aliphatic carbocycles. The van der Waals surface area contributed by atoms with Gasteiger partial charge in [0.1, 0.15) is 6.61 Å². The molecule has 0 aliphatic heterocycles. The minimum Gasteiger partial charge on any atom is -0.376 e. The summed E-state index contributed by atoms with van der Waals surface area (Å²) in [6, 6.07) is 0. The Bertz CT molecular complexity index is 54.9. The van der Waals surface area contributed by atoms with E-state index in [9.17, 15) is 0 Å². The van der Waals surface area contributed by atoms with E-state index in [2.05, 4.69) is 11.7 Å². The molecule has 0 aromatic carbocycles. The van der Waals surface area contributed by atoms with Crippen LogP contribution in [0.2, 0.25) is 0 Å². The molecule has 0 aliphatic rings. The maximum Gasteiger partial charge on any atom is 0.109 e. The number of rotatable bonds is 5. The van der Waals surface area contributed by atoms with Crippen LogP contribution in [0.15, 0.2) is 0 Å². The van der Waals surface area contributed by atoms with Crippen molar-refractivity contribution in [2.45, 2.75) is 26.4 Å². The first-order valence-electron chi connectivity index (χ1n) is 3.27. The van der Waals surface area contributed by atoms with Gasteiger partial charge in [-0.25, -0.2) is 0 Å². The highest BCUT2D eigenvalue weighted by atomic mass is 16.5. The minimum absolute atomic E-state index is 0.344. The SMILES string of the molecule is CCC(C)OC[CH]OC. The number of hydrogen-bond donors (Lipinski definition) is 0. The van der Waals surface area contributed by atoms with Crippen LogP contribution >= 0.6 is 0 Å². The van der Waals surface area contributed by atoms with E-state index in [0.29, 0.717) is 12.7 Å². The largest absolute Gasteiger partial charge is 0.376 e. The van der Waals surface area contributed by atoms with E-state index in [0.717, 1.165) is 6.42 Å². The summed E-state index contributed by atoms with van der Waals surface area (Å²) in [5.41, 5.74) is 0. The second-order valence-corrected chi connectivity index (χ2v) is 1.95. The van der Waals surface area contributed by atoms with Gasteiger partial charge in [-0.2, -0.15) is 0 Å². The van der Waals surface area contributed by atoms with Crippen molar-refractivity contribution < 1.29 is 9.47 Å². The molecule has 0 bridgehead atoms. The summed E-state index contributed by atoms with van der Waals surface area (Å²) < 4.78 is 9.94. The topological polar surface area (TPSA) is 18.5 Å². The van der Waals surface area contributed by atoms with Crippen LogP contribution in [0.1, 0.15) is 20.3 Å². The first kappa shape index (κ1) is 8.92. The quantitative estimate of drug-likeness (QED) is 0.528. The van der Waals surface area contributed by atoms with Gasteiger partial charge in [-0.3, -0.25) is 0 Å². The molecule has 1 unspecified atom stereocenters. The first-order valence-corrected chi connectivity index (χ1v) is 3.27. The van der Waals surface area contributed by atoms with Crippen LogP contribution in [-0.4, -0.2) is 19.8 Å². The van der Waals surface area contributed by atoms with Crippen LogP contribution in [0.5, 0.6) is 0 Å². The molecule has 1 radical (unpaired) electrons. The van der Waals surface area contributed by atoms with Crippen LogP contribution in [-0.2, 0) is 9.47 Å². The number of hydrogen-bond acceptors (Lipinski definition) is 2. The van der Waals surface area contributed by atoms with E-state index in [1.807, 2.05) is 6.92 Å². The maximum atomic E-state index is 5.25. The first-order chi connectivity index (χ1) is 4.31. The second-order valence-electron chi connectivity index (χ2n) is 1.95. The van der Waals surface area contributed by atoms with Gasteiger partial charge in [-0.15, -0.1) is 0 Å². The number of methoxy groups -OCH3 is 1. The van der Waals surface area contributed by atoms with Crippen molar-refractivity contribution in [3.05, 3.63) is 6.61 Å². The van der Waals surface area contributed by atoms with Crippen molar-refractivity contribution in [2.24, 2.45) is 0 Å². The molecular formula is C7H15O2. The number of ether oxygens (including phenoxy) is 2. The molecule has 9 heavy (non-hydrogen) atoms. The molecule has 0 spiro atoms. The van der Waals surface area contributed by atoms with Crippen LogP contribution in [0.3, 0.4) is 0 Å². The summed E-state index contributed by atoms with van der Waals surface area (Å²) in [7, 11) is 1.62. The summed E-state index contributed by atoms with van der Waals surface area (Å²) in [6.45, 7) is 6.37. The average molecular weight is 131 g/mol. The lowest BCUT2D eigenvalue weighted by atomic mass is 10.3. The van der Waals surface area contributed by atoms with Crippen LogP contribution in [0.4, 0.5) is 0 Å². The van der Waals surface area contributed by atoms with Gasteiger partial charge in [0.15, 0.2) is 0 Å². The minimum atomic E-state index is 0.344. The van der Waals surface area contributed by atoms with Crippen LogP contribution in [0, 0.1) is 6.61 Å². The highest BCUT2D eigenvalue weighted by molar-refractivity contribution is 4.49. The zero-order valence-corrected chi connectivity index (χ0v) is 6.39. The Morgan fingerprint density at radius 3 is 2.67 bits per heavy atom. The summed E-state index contributed by atoms with van der Waals surface area (Å²) in [6.07, 6.45) is 1.40. The van der Waals surface area contributed by atoms with Gasteiger partial charge < -0.3 is 9.47 Å². The van der Waals surface area contributed by atoms with E-state index in [1.165, 1.54) is 0 Å². The molecule has 2 nitrogen and oxygen atoms in total. The Labute approximate surface area is 57.2 Å². The van der Waals surface area contributed by atoms with Gasteiger partial charge in [-0.1, -0.05) is 6.92 Å². The highest BCUT2D eigenvalue weighted by Crippen LogP contribution is 1.95. The third-order valence-electron chi connectivity index (χ3n) is 1.19. The zero-order chi connectivity index (χ0) is 7.11. The van der Waals surface area contributed by atoms with Gasteiger partial charge in [0, 0.05) is 7.11 Å². The summed E-state index contributed by atoms with van der Waals surface area (Å²) in [5.74, 6) is 0. The summed E-state index contributed by atoms with van der Waals surface area (Å²) >= 11 is 0. The van der Waals surface area contributed by atoms with E-state index in [4.69, 9.17) is 4.74 Å². The Kier molecular flexibility index (Phi) is 5.99. The zero-order valence-electron chi connectivity index (χ0n) is 6.39. The standard InChI is InChI=1S/C7H15O2/c1-4-7(2)9-6-5-8-3/h5,7H,4,6H2,1-3H3. The molecule has 0 N–H and O–H groups in total. The third-order valence-corrected chi connectivity index (χ3v) is 1.19. The highest BCUT2D eigenvalue weighted by Gasteiger charge is 1.95. The fraction of sp³-hybridized carbons (Fsp3) is 0.857. The fourth-order valence-electron chi connectivity index (χ4n) is 0.389. The fourth-order valence-corrected chi connectivity index (χ4v) is 0.389. The van der Waals surface area contributed by atoms with Crippen molar-refractivity contribution in [3.63, 3.8) is 0 Å². The molecule has 55 valence electrons. The Hall–Kier alpha value is -0.0800. The van der Waals surface area contributed by atoms with Gasteiger partial charge in [-0.05, 0) is 13.3 Å². The average Bonchev–Trinajstić information content (AvgIpc) is 1.89. The molecule has 0 aromatic rings. The lowest BCUT2D eigenvalue weighted by Gasteiger charge is -2.08. The van der Waals surface area contributed by atoms with Gasteiger partial charge >= 0.3 is 0 Å². The predicted octanol–water partition coefficient (Wildman–Crippen LogP) is 1.61. The van der Waals surface area contributed by atoms with Crippen LogP contribution in [0.25, 0.3) is 0 Å². The molecule has 0 saturated carbocycles. The molecule has 0 rings (SSSR count). The molecule has 0 fully saturated rings. The van der Waals surface area contributed by atoms with Crippen molar-refractivity contribution >= 4 is 0 Å². The van der Waals surface area contributed by atoms with Crippen molar-refractivity contribution in [3.8, 4) is 0 Å². The molecule has 0 amide bonds. The molecular weight excluding hydrogens is 116 g/mol. The van der Waals surface area contributed by atoms with Gasteiger partial charge in [0.2, 0.25) is 0 Å². The summed E-state index contributed by atoms with van der Waals surface area (Å²) in [4.78, 5) is 0. The molecule has 0 saturated heterocycles. The summed E-state index contributed by atoms with van der Waals surface area (Å²) in [5, 5.41) is 0. The predicted molar refractivity (Wildman–Crippen MR) is 37.0 cm³/mol. The van der Waals surface area contributed by atoms with Crippen molar-refractivity contribution in [2.75, 3.05) is 13.7 Å². The van der Waals surface area contributed by atoms with Gasteiger partial charge in [0.05, 0.1) is 12.7 Å². The van der Waals surface area contributed by atoms with Crippen LogP contribution < -0.4 is 0 Å². The Balaban J connectivity index is 2.88. The molecule has 0 heterocycles. The molecule has 2 heteroatoms. The van der Waals surface area contributed by atoms with E-state index in [-0.39, 0.29) is 0 Å². The van der Waals surface area contributed by atoms with E-state index in [1.54, 1.807) is 13.7 Å². The Morgan fingerprint density at radius 2 is 2.22 bits per heavy atom. The molecule has 1 atom stereocenters. The third kappa shape index (κ3) is 5.80. The van der Waals surface area contributed by atoms with E-state index < -0.39 is 0 Å². The van der Waals surface area contributed by atoms with Crippen molar-refractivity contribution in [1.82, 2.24) is 0 Å². The van der Waals surface area contributed by atoms with Crippen molar-refractivity contribution in [1.29, 1.82) is 0 Å².